The van der Waals surface area contributed by atoms with Gasteiger partial charge in [0.2, 0.25) is 0 Å². The van der Waals surface area contributed by atoms with E-state index in [9.17, 15) is 9.18 Å². The Morgan fingerprint density at radius 1 is 1.36 bits per heavy atom. The fraction of sp³-hybridized carbons (Fsp3) is 0.250. The van der Waals surface area contributed by atoms with Crippen molar-refractivity contribution < 1.29 is 9.18 Å². The number of nitrogens with one attached hydrogen (secondary N) is 1. The first-order valence-electron chi connectivity index (χ1n) is 6.95. The van der Waals surface area contributed by atoms with Gasteiger partial charge in [-0.1, -0.05) is 23.2 Å². The molecule has 0 saturated carbocycles. The summed E-state index contributed by atoms with van der Waals surface area (Å²) in [4.78, 5) is 12.6. The second-order valence-electron chi connectivity index (χ2n) is 5.27. The summed E-state index contributed by atoms with van der Waals surface area (Å²) in [7, 11) is 1.76. The largest absolute Gasteiger partial charge is 0.330 e. The van der Waals surface area contributed by atoms with E-state index in [1.165, 1.54) is 18.2 Å². The zero-order valence-electron chi connectivity index (χ0n) is 11.9. The molecule has 0 fully saturated rings. The van der Waals surface area contributed by atoms with E-state index in [1.807, 2.05) is 0 Å². The Morgan fingerprint density at radius 2 is 2.14 bits per heavy atom. The lowest BCUT2D eigenvalue weighted by Gasteiger charge is -2.13. The highest BCUT2D eigenvalue weighted by Crippen LogP contribution is 2.34. The average Bonchev–Trinajstić information content (AvgIpc) is 2.75. The normalized spacial score (nSPS) is 13.8. The summed E-state index contributed by atoms with van der Waals surface area (Å²) in [6.07, 6.45) is 4.84. The van der Waals surface area contributed by atoms with E-state index in [2.05, 4.69) is 11.7 Å². The number of hydrogen-bond donors (Lipinski definition) is 1. The van der Waals surface area contributed by atoms with Crippen LogP contribution in [0.5, 0.6) is 0 Å². The van der Waals surface area contributed by atoms with Gasteiger partial charge in [-0.2, -0.15) is 0 Å². The van der Waals surface area contributed by atoms with Crippen LogP contribution in [0.4, 0.5) is 10.1 Å². The predicted molar refractivity (Wildman–Crippen MR) is 86.1 cm³/mol. The summed E-state index contributed by atoms with van der Waals surface area (Å²) in [6, 6.07) is 4.08. The first kappa shape index (κ1) is 15.4. The number of carbonyl (C=O) groups is 1. The molecule has 1 amide bonds. The maximum atomic E-state index is 13.2. The minimum atomic E-state index is -0.520. The van der Waals surface area contributed by atoms with Gasteiger partial charge >= 0.3 is 0 Å². The summed E-state index contributed by atoms with van der Waals surface area (Å²) in [5, 5.41) is 3.28. The second kappa shape index (κ2) is 5.94. The molecule has 3 rings (SSSR count). The maximum absolute atomic E-state index is 13.2. The number of aromatic nitrogens is 1. The number of fused-ring (bicyclic) bond motifs is 1. The van der Waals surface area contributed by atoms with Crippen LogP contribution in [0.25, 0.3) is 0 Å². The minimum Gasteiger partial charge on any atom is -0.330 e. The molecule has 22 heavy (non-hydrogen) atoms. The van der Waals surface area contributed by atoms with Crippen molar-refractivity contribution in [3.8, 4) is 0 Å². The van der Waals surface area contributed by atoms with Crippen LogP contribution in [-0.4, -0.2) is 10.5 Å². The van der Waals surface area contributed by atoms with Crippen LogP contribution >= 0.6 is 23.2 Å². The van der Waals surface area contributed by atoms with E-state index in [-0.39, 0.29) is 10.9 Å². The van der Waals surface area contributed by atoms with Crippen LogP contribution in [0.3, 0.4) is 0 Å². The third-order valence-electron chi connectivity index (χ3n) is 3.84. The number of hydrogen-bond acceptors (Lipinski definition) is 1. The molecule has 0 atom stereocenters. The fourth-order valence-electron chi connectivity index (χ4n) is 2.77. The third-order valence-corrected chi connectivity index (χ3v) is 4.58. The Labute approximate surface area is 138 Å². The van der Waals surface area contributed by atoms with E-state index in [0.29, 0.717) is 16.5 Å². The number of benzene rings is 1. The molecule has 1 aliphatic carbocycles. The Morgan fingerprint density at radius 3 is 2.86 bits per heavy atom. The number of halogens is 3. The Bertz CT molecular complexity index is 755. The molecular weight excluding hydrogens is 326 g/mol. The van der Waals surface area contributed by atoms with Crippen molar-refractivity contribution in [2.45, 2.75) is 19.3 Å². The smallest absolute Gasteiger partial charge is 0.272 e. The van der Waals surface area contributed by atoms with Gasteiger partial charge in [-0.3, -0.25) is 4.79 Å². The van der Waals surface area contributed by atoms with E-state index in [0.717, 1.165) is 30.4 Å². The number of amides is 1. The highest BCUT2D eigenvalue weighted by molar-refractivity contribution is 6.31. The average molecular weight is 340 g/mol. The topological polar surface area (TPSA) is 34.0 Å². The van der Waals surface area contributed by atoms with Gasteiger partial charge < -0.3 is 9.88 Å². The molecule has 115 valence electrons. The summed E-state index contributed by atoms with van der Waals surface area (Å²) in [5.74, 6) is -0.794. The van der Waals surface area contributed by atoms with Gasteiger partial charge in [-0.15, -0.1) is 0 Å². The zero-order valence-corrected chi connectivity index (χ0v) is 13.4. The Kier molecular flexibility index (Phi) is 4.15. The lowest BCUT2D eigenvalue weighted by atomic mass is 9.93. The summed E-state index contributed by atoms with van der Waals surface area (Å²) in [5.41, 5.74) is 2.89. The SMILES string of the molecule is Cn1c(Cl)c2c(c1C(=O)Nc1ccc(F)c(Cl)c1)CCC[CH]2. The highest BCUT2D eigenvalue weighted by Gasteiger charge is 2.26. The monoisotopic (exact) mass is 339 g/mol. The van der Waals surface area contributed by atoms with Crippen LogP contribution < -0.4 is 5.32 Å². The van der Waals surface area contributed by atoms with Crippen LogP contribution in [0.1, 0.15) is 34.5 Å². The van der Waals surface area contributed by atoms with Crippen LogP contribution in [0, 0.1) is 12.2 Å². The molecule has 3 nitrogen and oxygen atoms in total. The van der Waals surface area contributed by atoms with E-state index >= 15 is 0 Å². The molecule has 6 heteroatoms. The van der Waals surface area contributed by atoms with Crippen molar-refractivity contribution in [3.05, 3.63) is 57.4 Å². The van der Waals surface area contributed by atoms with Gasteiger partial charge in [-0.25, -0.2) is 4.39 Å². The van der Waals surface area contributed by atoms with Gasteiger partial charge in [0, 0.05) is 12.7 Å². The van der Waals surface area contributed by atoms with Gasteiger partial charge in [-0.05, 0) is 55.0 Å². The molecule has 1 radical (unpaired) electrons. The molecule has 1 aliphatic rings. The predicted octanol–water partition coefficient (Wildman–Crippen LogP) is 4.61. The summed E-state index contributed by atoms with van der Waals surface area (Å²) < 4.78 is 14.9. The lowest BCUT2D eigenvalue weighted by molar-refractivity contribution is 0.101. The molecule has 0 spiro atoms. The molecule has 0 saturated heterocycles. The van der Waals surface area contributed by atoms with Crippen LogP contribution in [-0.2, 0) is 13.5 Å². The molecule has 1 N–H and O–H groups in total. The van der Waals surface area contributed by atoms with Crippen molar-refractivity contribution in [2.75, 3.05) is 5.32 Å². The number of nitrogens with zero attached hydrogens (tertiary/aromatic N) is 1. The minimum absolute atomic E-state index is 0.0296. The zero-order chi connectivity index (χ0) is 15.9. The van der Waals surface area contributed by atoms with Gasteiger partial charge in [0.1, 0.15) is 16.7 Å². The molecule has 1 heterocycles. The fourth-order valence-corrected chi connectivity index (χ4v) is 3.23. The summed E-state index contributed by atoms with van der Waals surface area (Å²) in [6.45, 7) is 0. The number of anilines is 1. The van der Waals surface area contributed by atoms with Gasteiger partial charge in [0.25, 0.3) is 5.91 Å². The molecule has 1 aromatic carbocycles. The lowest BCUT2D eigenvalue weighted by Crippen LogP contribution is -2.18. The number of carbonyl (C=O) groups excluding carboxylic acids is 1. The van der Waals surface area contributed by atoms with Crippen molar-refractivity contribution >= 4 is 34.8 Å². The second-order valence-corrected chi connectivity index (χ2v) is 6.04. The number of rotatable bonds is 2. The van der Waals surface area contributed by atoms with Crippen molar-refractivity contribution in [3.63, 3.8) is 0 Å². The van der Waals surface area contributed by atoms with E-state index in [1.54, 1.807) is 11.6 Å². The molecule has 0 bridgehead atoms. The maximum Gasteiger partial charge on any atom is 0.272 e. The van der Waals surface area contributed by atoms with Crippen molar-refractivity contribution in [1.82, 2.24) is 4.57 Å². The third kappa shape index (κ3) is 2.61. The van der Waals surface area contributed by atoms with Crippen LogP contribution in [0.15, 0.2) is 18.2 Å². The van der Waals surface area contributed by atoms with Gasteiger partial charge in [0.05, 0.1) is 5.02 Å². The summed E-state index contributed by atoms with van der Waals surface area (Å²) >= 11 is 12.0. The first-order chi connectivity index (χ1) is 10.5. The molecular formula is C16H14Cl2FN2O. The van der Waals surface area contributed by atoms with Crippen molar-refractivity contribution in [1.29, 1.82) is 0 Å². The Balaban J connectivity index is 1.94. The Hall–Kier alpha value is -1.52. The van der Waals surface area contributed by atoms with Crippen molar-refractivity contribution in [2.24, 2.45) is 7.05 Å². The molecule has 0 unspecified atom stereocenters. The van der Waals surface area contributed by atoms with E-state index in [4.69, 9.17) is 23.2 Å². The van der Waals surface area contributed by atoms with E-state index < -0.39 is 5.82 Å². The molecule has 1 aromatic heterocycles. The van der Waals surface area contributed by atoms with Gasteiger partial charge in [0.15, 0.2) is 0 Å². The van der Waals surface area contributed by atoms with Crippen LogP contribution in [0.2, 0.25) is 10.2 Å². The quantitative estimate of drug-likeness (QED) is 0.851. The standard InChI is InChI=1S/C16H14Cl2FN2O/c1-21-14(10-4-2-3-5-11(10)15(21)18)16(22)20-9-6-7-13(19)12(17)8-9/h5-8H,2-4H2,1H3,(H,20,22). The first-order valence-corrected chi connectivity index (χ1v) is 7.71. The highest BCUT2D eigenvalue weighted by atomic mass is 35.5. The molecule has 0 aliphatic heterocycles. The molecule has 2 aromatic rings.